The molecule has 1 aliphatic rings. The smallest absolute Gasteiger partial charge is 0.280 e. The summed E-state index contributed by atoms with van der Waals surface area (Å²) in [6.45, 7) is 5.01. The van der Waals surface area contributed by atoms with Crippen LogP contribution in [0.5, 0.6) is 0 Å². The van der Waals surface area contributed by atoms with Gasteiger partial charge in [0.25, 0.3) is 10.2 Å². The van der Waals surface area contributed by atoms with Gasteiger partial charge in [0.2, 0.25) is 0 Å². The van der Waals surface area contributed by atoms with E-state index in [1.165, 1.54) is 0 Å². The zero-order valence-electron chi connectivity index (χ0n) is 12.7. The molecule has 2 rings (SSSR count). The van der Waals surface area contributed by atoms with Crippen LogP contribution in [0.2, 0.25) is 0 Å². The maximum Gasteiger partial charge on any atom is 0.280 e. The van der Waals surface area contributed by atoms with Crippen LogP contribution in [0.4, 0.5) is 0 Å². The summed E-state index contributed by atoms with van der Waals surface area (Å²) in [5.41, 5.74) is 5.74. The lowest BCUT2D eigenvalue weighted by Gasteiger charge is -2.35. The van der Waals surface area contributed by atoms with Gasteiger partial charge in [0.05, 0.1) is 6.04 Å². The van der Waals surface area contributed by atoms with E-state index in [9.17, 15) is 8.42 Å². The summed E-state index contributed by atoms with van der Waals surface area (Å²) >= 11 is 1.58. The molecule has 0 amide bonds. The van der Waals surface area contributed by atoms with E-state index in [1.807, 2.05) is 31.4 Å². The van der Waals surface area contributed by atoms with Crippen LogP contribution in [0, 0.1) is 5.92 Å². The number of nitrogens with two attached hydrogens (primary N) is 1. The molecule has 0 spiro atoms. The van der Waals surface area contributed by atoms with Crippen molar-refractivity contribution in [2.75, 3.05) is 13.1 Å². The van der Waals surface area contributed by atoms with E-state index in [0.717, 1.165) is 24.1 Å². The molecule has 5 nitrogen and oxygen atoms in total. The van der Waals surface area contributed by atoms with Gasteiger partial charge in [0.15, 0.2) is 0 Å². The number of nitrogens with zero attached hydrogens (tertiary/aromatic N) is 1. The standard InChI is InChI=1S/C14H25N3O2S2/c1-11(2)14(13-7-5-9-20-13)16-21(18,19)17-8-4-3-6-12(17)10-15/h5,7,9,11-12,14,16H,3-4,6,8,10,15H2,1-2H3. The molecule has 0 bridgehead atoms. The van der Waals surface area contributed by atoms with Gasteiger partial charge in [-0.25, -0.2) is 0 Å². The molecule has 0 aliphatic carbocycles. The fourth-order valence-electron chi connectivity index (χ4n) is 2.75. The van der Waals surface area contributed by atoms with Gasteiger partial charge in [-0.3, -0.25) is 0 Å². The molecule has 1 aromatic rings. The summed E-state index contributed by atoms with van der Waals surface area (Å²) in [5.74, 6) is 0.194. The minimum atomic E-state index is -3.50. The molecule has 120 valence electrons. The van der Waals surface area contributed by atoms with Crippen LogP contribution in [0.25, 0.3) is 0 Å². The summed E-state index contributed by atoms with van der Waals surface area (Å²) in [6.07, 6.45) is 2.80. The fourth-order valence-corrected chi connectivity index (χ4v) is 5.58. The number of hydrogen-bond acceptors (Lipinski definition) is 4. The quantitative estimate of drug-likeness (QED) is 0.838. The van der Waals surface area contributed by atoms with Gasteiger partial charge in [-0.15, -0.1) is 11.3 Å². The van der Waals surface area contributed by atoms with E-state index in [-0.39, 0.29) is 18.0 Å². The summed E-state index contributed by atoms with van der Waals surface area (Å²) in [4.78, 5) is 1.05. The van der Waals surface area contributed by atoms with Crippen LogP contribution >= 0.6 is 11.3 Å². The first-order valence-corrected chi connectivity index (χ1v) is 9.80. The second-order valence-corrected chi connectivity index (χ2v) is 8.49. The molecule has 21 heavy (non-hydrogen) atoms. The Bertz CT molecular complexity index is 528. The third kappa shape index (κ3) is 4.04. The van der Waals surface area contributed by atoms with Crippen molar-refractivity contribution in [3.8, 4) is 0 Å². The van der Waals surface area contributed by atoms with E-state index in [0.29, 0.717) is 13.1 Å². The summed E-state index contributed by atoms with van der Waals surface area (Å²) in [5, 5.41) is 1.97. The van der Waals surface area contributed by atoms with Crippen LogP contribution in [-0.4, -0.2) is 31.9 Å². The first kappa shape index (κ1) is 16.9. The van der Waals surface area contributed by atoms with Crippen LogP contribution in [0.15, 0.2) is 17.5 Å². The lowest BCUT2D eigenvalue weighted by molar-refractivity contribution is 0.251. The van der Waals surface area contributed by atoms with Crippen LogP contribution in [-0.2, 0) is 10.2 Å². The molecule has 2 unspecified atom stereocenters. The Morgan fingerprint density at radius 3 is 2.81 bits per heavy atom. The Morgan fingerprint density at radius 2 is 2.24 bits per heavy atom. The molecular weight excluding hydrogens is 306 g/mol. The van der Waals surface area contributed by atoms with Gasteiger partial charge < -0.3 is 5.73 Å². The number of thiophene rings is 1. The fraction of sp³-hybridized carbons (Fsp3) is 0.714. The maximum absolute atomic E-state index is 12.7. The molecule has 1 aliphatic heterocycles. The zero-order chi connectivity index (χ0) is 15.5. The molecular formula is C14H25N3O2S2. The maximum atomic E-state index is 12.7. The van der Waals surface area contributed by atoms with Gasteiger partial charge >= 0.3 is 0 Å². The molecule has 1 fully saturated rings. The van der Waals surface area contributed by atoms with Crippen LogP contribution in [0.1, 0.15) is 44.0 Å². The lowest BCUT2D eigenvalue weighted by atomic mass is 10.0. The predicted octanol–water partition coefficient (Wildman–Crippen LogP) is 2.09. The van der Waals surface area contributed by atoms with Crippen molar-refractivity contribution >= 4 is 21.5 Å². The number of hydrogen-bond donors (Lipinski definition) is 2. The third-order valence-corrected chi connectivity index (χ3v) is 6.55. The van der Waals surface area contributed by atoms with Gasteiger partial charge in [-0.1, -0.05) is 26.3 Å². The van der Waals surface area contributed by atoms with Gasteiger partial charge in [0, 0.05) is 24.0 Å². The molecule has 3 N–H and O–H groups in total. The average Bonchev–Trinajstić information content (AvgIpc) is 2.98. The monoisotopic (exact) mass is 331 g/mol. The van der Waals surface area contributed by atoms with Crippen molar-refractivity contribution in [1.29, 1.82) is 0 Å². The highest BCUT2D eigenvalue weighted by atomic mass is 32.2. The normalized spacial score (nSPS) is 22.6. The van der Waals surface area contributed by atoms with E-state index in [1.54, 1.807) is 15.6 Å². The van der Waals surface area contributed by atoms with Crippen LogP contribution < -0.4 is 10.5 Å². The Kier molecular flexibility index (Phi) is 5.79. The van der Waals surface area contributed by atoms with Gasteiger partial charge in [-0.05, 0) is 30.2 Å². The molecule has 0 aromatic carbocycles. The van der Waals surface area contributed by atoms with Crippen LogP contribution in [0.3, 0.4) is 0 Å². The highest BCUT2D eigenvalue weighted by Gasteiger charge is 2.34. The minimum absolute atomic E-state index is 0.0765. The largest absolute Gasteiger partial charge is 0.329 e. The molecule has 0 saturated carbocycles. The summed E-state index contributed by atoms with van der Waals surface area (Å²) in [6, 6.07) is 3.67. The number of piperidine rings is 1. The number of nitrogens with one attached hydrogen (secondary N) is 1. The number of rotatable bonds is 6. The molecule has 2 atom stereocenters. The van der Waals surface area contributed by atoms with E-state index >= 15 is 0 Å². The van der Waals surface area contributed by atoms with Gasteiger partial charge in [0.1, 0.15) is 0 Å². The lowest BCUT2D eigenvalue weighted by Crippen LogP contribution is -2.52. The SMILES string of the molecule is CC(C)C(NS(=O)(=O)N1CCCCC1CN)c1cccs1. The zero-order valence-corrected chi connectivity index (χ0v) is 14.3. The third-order valence-electron chi connectivity index (χ3n) is 3.95. The van der Waals surface area contributed by atoms with Crippen molar-refractivity contribution in [1.82, 2.24) is 9.03 Å². The first-order chi connectivity index (χ1) is 9.95. The molecule has 1 aromatic heterocycles. The molecule has 7 heteroatoms. The van der Waals surface area contributed by atoms with Gasteiger partial charge in [-0.2, -0.15) is 17.4 Å². The summed E-state index contributed by atoms with van der Waals surface area (Å²) in [7, 11) is -3.50. The first-order valence-electron chi connectivity index (χ1n) is 7.48. The van der Waals surface area contributed by atoms with Crippen molar-refractivity contribution < 1.29 is 8.42 Å². The molecule has 2 heterocycles. The topological polar surface area (TPSA) is 75.4 Å². The van der Waals surface area contributed by atoms with E-state index in [2.05, 4.69) is 4.72 Å². The van der Waals surface area contributed by atoms with E-state index in [4.69, 9.17) is 5.73 Å². The highest BCUT2D eigenvalue weighted by Crippen LogP contribution is 2.28. The molecule has 1 saturated heterocycles. The van der Waals surface area contributed by atoms with Crippen molar-refractivity contribution in [3.63, 3.8) is 0 Å². The average molecular weight is 332 g/mol. The highest BCUT2D eigenvalue weighted by molar-refractivity contribution is 7.87. The Morgan fingerprint density at radius 1 is 1.48 bits per heavy atom. The van der Waals surface area contributed by atoms with E-state index < -0.39 is 10.2 Å². The predicted molar refractivity (Wildman–Crippen MR) is 87.4 cm³/mol. The molecule has 0 radical (unpaired) electrons. The second kappa shape index (κ2) is 7.19. The second-order valence-electron chi connectivity index (χ2n) is 5.86. The van der Waals surface area contributed by atoms with Crippen molar-refractivity contribution in [2.45, 2.75) is 45.2 Å². The van der Waals surface area contributed by atoms with Crippen molar-refractivity contribution in [2.24, 2.45) is 11.7 Å². The minimum Gasteiger partial charge on any atom is -0.329 e. The Hall–Kier alpha value is -0.470. The van der Waals surface area contributed by atoms with Crippen molar-refractivity contribution in [3.05, 3.63) is 22.4 Å². The summed E-state index contributed by atoms with van der Waals surface area (Å²) < 4.78 is 29.9. The Labute approximate surface area is 131 Å². The Balaban J connectivity index is 2.18.